The third kappa shape index (κ3) is 6.93. The Hall–Kier alpha value is -1.05. The summed E-state index contributed by atoms with van der Waals surface area (Å²) in [5, 5.41) is 10.4. The first-order chi connectivity index (χ1) is 8.60. The van der Waals surface area contributed by atoms with Crippen molar-refractivity contribution in [2.24, 2.45) is 5.92 Å². The van der Waals surface area contributed by atoms with Crippen LogP contribution in [0.4, 0.5) is 4.79 Å². The molecule has 1 fully saturated rings. The first kappa shape index (κ1) is 24.0. The zero-order valence-corrected chi connectivity index (χ0v) is 13.4. The van der Waals surface area contributed by atoms with Gasteiger partial charge in [-0.15, -0.1) is 0 Å². The van der Waals surface area contributed by atoms with Gasteiger partial charge in [-0.05, 0) is 12.3 Å². The Balaban J connectivity index is -0.000000689. The molecule has 0 bridgehead atoms. The first-order valence-electron chi connectivity index (χ1n) is 6.24. The van der Waals surface area contributed by atoms with Gasteiger partial charge in [-0.1, -0.05) is 33.2 Å². The number of nitrogens with one attached hydrogen (secondary N) is 1. The molecule has 8 heteroatoms. The molecule has 1 aliphatic rings. The smallest absolute Gasteiger partial charge is 0.405 e. The molecule has 2 amide bonds. The molecule has 0 aromatic carbocycles. The molecule has 0 aliphatic carbocycles. The van der Waals surface area contributed by atoms with E-state index in [1.807, 2.05) is 32.4 Å². The number of carboxylic acid groups (broad SMARTS) is 1. The van der Waals surface area contributed by atoms with Crippen molar-refractivity contribution in [3.8, 4) is 0 Å². The summed E-state index contributed by atoms with van der Waals surface area (Å²) in [4.78, 5) is 34.0. The van der Waals surface area contributed by atoms with E-state index in [4.69, 9.17) is 5.11 Å². The summed E-state index contributed by atoms with van der Waals surface area (Å²) < 4.78 is 0. The number of amides is 2. The van der Waals surface area contributed by atoms with E-state index in [0.29, 0.717) is 6.54 Å². The monoisotopic (exact) mass is 326 g/mol. The molecule has 1 heterocycles. The van der Waals surface area contributed by atoms with Gasteiger partial charge < -0.3 is 25.6 Å². The van der Waals surface area contributed by atoms with Crippen LogP contribution in [0.1, 0.15) is 33.6 Å². The van der Waals surface area contributed by atoms with Gasteiger partial charge in [-0.3, -0.25) is 4.79 Å². The van der Waals surface area contributed by atoms with Crippen LogP contribution in [0.5, 0.6) is 0 Å². The molecular formula is C12H23N2O5V-. The zero-order valence-electron chi connectivity index (χ0n) is 12.0. The molecule has 2 atom stereocenters. The first-order valence-corrected chi connectivity index (χ1v) is 6.24. The molecule has 0 aromatic rings. The maximum atomic E-state index is 11.6. The van der Waals surface area contributed by atoms with E-state index in [2.05, 4.69) is 0 Å². The van der Waals surface area contributed by atoms with Crippen LogP contribution in [0.2, 0.25) is 0 Å². The Bertz CT molecular complexity index is 302. The summed E-state index contributed by atoms with van der Waals surface area (Å²) in [6, 6.07) is -0.520. The van der Waals surface area contributed by atoms with Crippen molar-refractivity contribution in [3.63, 3.8) is 0 Å². The number of likely N-dealkylation sites (tertiary alicyclic amines) is 1. The second-order valence-corrected chi connectivity index (χ2v) is 3.77. The minimum Gasteiger partial charge on any atom is -0.540 e. The molecule has 1 radical (unpaired) electrons. The van der Waals surface area contributed by atoms with Gasteiger partial charge in [-0.25, -0.2) is 11.1 Å². The minimum absolute atomic E-state index is 0. The van der Waals surface area contributed by atoms with Gasteiger partial charge in [-0.2, -0.15) is 0 Å². The second-order valence-electron chi connectivity index (χ2n) is 3.77. The zero-order chi connectivity index (χ0) is 14.1. The average Bonchev–Trinajstić information content (AvgIpc) is 2.81. The van der Waals surface area contributed by atoms with Crippen molar-refractivity contribution in [1.82, 2.24) is 10.2 Å². The van der Waals surface area contributed by atoms with E-state index in [0.717, 1.165) is 12.8 Å². The van der Waals surface area contributed by atoms with Gasteiger partial charge in [0.25, 0.3) is 0 Å². The summed E-state index contributed by atoms with van der Waals surface area (Å²) in [6.07, 6.45) is 2.21. The predicted octanol–water partition coefficient (Wildman–Crippen LogP) is 0.190. The van der Waals surface area contributed by atoms with Crippen molar-refractivity contribution in [3.05, 3.63) is 0 Å². The number of rotatable bonds is 4. The standard InChI is InChI=1S/C10H15N2O4.C2H6.H2O.V/c1-2-7-3-4-12(8(7)6-13)9(14)5-11-10(15)16;1-2;;/h7-8,11H,2-5H2,1H3,(H,15,16);1-2H3;1H2;/q-1;;;/t7-,8-;;;/m1.../s1. The van der Waals surface area contributed by atoms with Gasteiger partial charge in [0.05, 0.1) is 0 Å². The second kappa shape index (κ2) is 13.0. The summed E-state index contributed by atoms with van der Waals surface area (Å²) in [5.41, 5.74) is 0. The molecule has 117 valence electrons. The topological polar surface area (TPSA) is 118 Å². The van der Waals surface area contributed by atoms with Crippen LogP contribution >= 0.6 is 0 Å². The Morgan fingerprint density at radius 1 is 1.40 bits per heavy atom. The third-order valence-electron chi connectivity index (χ3n) is 2.88. The predicted molar refractivity (Wildman–Crippen MR) is 70.6 cm³/mol. The van der Waals surface area contributed by atoms with Gasteiger partial charge in [0, 0.05) is 25.1 Å². The van der Waals surface area contributed by atoms with E-state index in [1.165, 1.54) is 4.90 Å². The van der Waals surface area contributed by atoms with E-state index in [-0.39, 0.29) is 42.4 Å². The molecule has 4 N–H and O–H groups in total. The van der Waals surface area contributed by atoms with Crippen LogP contribution < -0.4 is 5.32 Å². The molecular weight excluding hydrogens is 303 g/mol. The van der Waals surface area contributed by atoms with Crippen molar-refractivity contribution in [1.29, 1.82) is 0 Å². The number of carbonyl (C=O) groups excluding carboxylic acids is 2. The van der Waals surface area contributed by atoms with Gasteiger partial charge in [0.15, 0.2) is 0 Å². The maximum absolute atomic E-state index is 11.6. The number of carbonyl (C=O) groups is 2. The molecule has 0 spiro atoms. The fourth-order valence-electron chi connectivity index (χ4n) is 1.98. The molecule has 1 saturated heterocycles. The fraction of sp³-hybridized carbons (Fsp3) is 0.750. The number of nitrogens with zero attached hydrogens (tertiary/aromatic N) is 1. The van der Waals surface area contributed by atoms with Crippen LogP contribution in [-0.2, 0) is 28.1 Å². The molecule has 0 saturated carbocycles. The fourth-order valence-corrected chi connectivity index (χ4v) is 1.98. The Labute approximate surface area is 131 Å². The van der Waals surface area contributed by atoms with E-state index in [1.54, 1.807) is 0 Å². The Morgan fingerprint density at radius 2 is 1.95 bits per heavy atom. The van der Waals surface area contributed by atoms with Crippen LogP contribution in [0, 0.1) is 5.92 Å². The molecule has 20 heavy (non-hydrogen) atoms. The number of hydrogen-bond donors (Lipinski definition) is 2. The van der Waals surface area contributed by atoms with Gasteiger partial charge in [0.2, 0.25) is 5.91 Å². The Kier molecular flexibility index (Phi) is 15.6. The van der Waals surface area contributed by atoms with E-state index < -0.39 is 12.1 Å². The summed E-state index contributed by atoms with van der Waals surface area (Å²) in [7, 11) is 0. The molecule has 0 aromatic heterocycles. The SMILES string of the molecule is CC.CC[C@@H]1CCN(C(=O)CNC(=O)O)[C@@H]1[C-]=O.O.[V]. The summed E-state index contributed by atoms with van der Waals surface area (Å²) in [6.45, 7) is 6.17. The van der Waals surface area contributed by atoms with Gasteiger partial charge >= 0.3 is 6.09 Å². The normalized spacial score (nSPS) is 19.6. The summed E-state index contributed by atoms with van der Waals surface area (Å²) >= 11 is 0. The minimum atomic E-state index is -1.24. The van der Waals surface area contributed by atoms with Crippen molar-refractivity contribution < 1.29 is 43.5 Å². The Morgan fingerprint density at radius 3 is 2.35 bits per heavy atom. The average molecular weight is 326 g/mol. The van der Waals surface area contributed by atoms with Crippen LogP contribution in [0.3, 0.4) is 0 Å². The van der Waals surface area contributed by atoms with E-state index in [9.17, 15) is 14.4 Å². The van der Waals surface area contributed by atoms with Crippen molar-refractivity contribution in [2.45, 2.75) is 39.7 Å². The van der Waals surface area contributed by atoms with Crippen LogP contribution in [0.25, 0.3) is 0 Å². The maximum Gasteiger partial charge on any atom is 0.405 e. The molecule has 0 unspecified atom stereocenters. The number of hydrogen-bond acceptors (Lipinski definition) is 3. The quantitative estimate of drug-likeness (QED) is 0.717. The summed E-state index contributed by atoms with van der Waals surface area (Å²) in [5.74, 6) is -0.224. The molecule has 7 nitrogen and oxygen atoms in total. The van der Waals surface area contributed by atoms with Crippen molar-refractivity contribution >= 4 is 18.3 Å². The van der Waals surface area contributed by atoms with Crippen LogP contribution in [0.15, 0.2) is 0 Å². The molecule has 1 rings (SSSR count). The third-order valence-corrected chi connectivity index (χ3v) is 2.88. The van der Waals surface area contributed by atoms with Crippen LogP contribution in [-0.4, -0.2) is 52.9 Å². The molecule has 1 aliphatic heterocycles. The van der Waals surface area contributed by atoms with Gasteiger partial charge in [0.1, 0.15) is 6.54 Å². The van der Waals surface area contributed by atoms with Crippen molar-refractivity contribution in [2.75, 3.05) is 13.1 Å². The van der Waals surface area contributed by atoms with E-state index >= 15 is 0 Å². The largest absolute Gasteiger partial charge is 0.540 e.